The molecule has 0 amide bonds. The van der Waals surface area contributed by atoms with Gasteiger partial charge in [-0.1, -0.05) is 42.0 Å². The van der Waals surface area contributed by atoms with Crippen LogP contribution in [0.15, 0.2) is 48.5 Å². The molecule has 0 aliphatic carbocycles. The molecule has 100 valence electrons. The van der Waals surface area contributed by atoms with Crippen LogP contribution in [0.2, 0.25) is 0 Å². The molecule has 1 atom stereocenters. The molecule has 19 heavy (non-hydrogen) atoms. The van der Waals surface area contributed by atoms with Crippen molar-refractivity contribution in [3.63, 3.8) is 0 Å². The maximum absolute atomic E-state index is 12.9. The summed E-state index contributed by atoms with van der Waals surface area (Å²) in [4.78, 5) is 2.26. The van der Waals surface area contributed by atoms with Crippen LogP contribution in [0, 0.1) is 12.7 Å². The fraction of sp³-hybridized carbons (Fsp3) is 0.294. The molecule has 0 saturated carbocycles. The smallest absolute Gasteiger partial charge is 0.123 e. The second-order valence-electron chi connectivity index (χ2n) is 5.13. The van der Waals surface area contributed by atoms with Gasteiger partial charge in [-0.25, -0.2) is 4.39 Å². The number of rotatable bonds is 4. The van der Waals surface area contributed by atoms with Crippen LogP contribution in [-0.2, 0) is 6.54 Å². The number of aryl methyl sites for hydroxylation is 1. The molecule has 0 spiro atoms. The Morgan fingerprint density at radius 1 is 1.00 bits per heavy atom. The van der Waals surface area contributed by atoms with Crippen molar-refractivity contribution in [2.24, 2.45) is 0 Å². The third kappa shape index (κ3) is 3.65. The fourth-order valence-corrected chi connectivity index (χ4v) is 2.11. The van der Waals surface area contributed by atoms with Gasteiger partial charge in [-0.15, -0.1) is 0 Å². The lowest BCUT2D eigenvalue weighted by Gasteiger charge is -2.25. The topological polar surface area (TPSA) is 3.24 Å². The van der Waals surface area contributed by atoms with E-state index in [4.69, 9.17) is 0 Å². The molecule has 0 radical (unpaired) electrons. The van der Waals surface area contributed by atoms with Crippen LogP contribution in [0.5, 0.6) is 0 Å². The van der Waals surface area contributed by atoms with E-state index in [1.165, 1.54) is 23.3 Å². The quantitative estimate of drug-likeness (QED) is 0.788. The third-order valence-corrected chi connectivity index (χ3v) is 3.57. The highest BCUT2D eigenvalue weighted by atomic mass is 19.1. The molecule has 1 unspecified atom stereocenters. The lowest BCUT2D eigenvalue weighted by molar-refractivity contribution is 0.253. The largest absolute Gasteiger partial charge is 0.295 e. The van der Waals surface area contributed by atoms with Crippen molar-refractivity contribution in [2.75, 3.05) is 7.05 Å². The highest BCUT2D eigenvalue weighted by Crippen LogP contribution is 2.21. The lowest BCUT2D eigenvalue weighted by atomic mass is 10.0. The molecular formula is C17H20FN. The molecule has 2 aromatic carbocycles. The first kappa shape index (κ1) is 13.8. The molecular weight excluding hydrogens is 237 g/mol. The Bertz CT molecular complexity index is 516. The Morgan fingerprint density at radius 2 is 1.58 bits per heavy atom. The van der Waals surface area contributed by atoms with E-state index >= 15 is 0 Å². The van der Waals surface area contributed by atoms with E-state index in [1.807, 2.05) is 12.1 Å². The van der Waals surface area contributed by atoms with Crippen LogP contribution < -0.4 is 0 Å². The monoisotopic (exact) mass is 257 g/mol. The van der Waals surface area contributed by atoms with Crippen LogP contribution in [-0.4, -0.2) is 11.9 Å². The first-order valence-electron chi connectivity index (χ1n) is 6.57. The summed E-state index contributed by atoms with van der Waals surface area (Å²) in [6, 6.07) is 15.7. The second-order valence-corrected chi connectivity index (χ2v) is 5.13. The zero-order valence-electron chi connectivity index (χ0n) is 11.7. The van der Waals surface area contributed by atoms with Gasteiger partial charge in [-0.2, -0.15) is 0 Å². The minimum atomic E-state index is -0.182. The van der Waals surface area contributed by atoms with Crippen molar-refractivity contribution in [3.05, 3.63) is 71.0 Å². The number of halogens is 1. The average molecular weight is 257 g/mol. The summed E-state index contributed by atoms with van der Waals surface area (Å²) in [5.41, 5.74) is 3.70. The minimum Gasteiger partial charge on any atom is -0.295 e. The van der Waals surface area contributed by atoms with Crippen LogP contribution in [0.25, 0.3) is 0 Å². The Balaban J connectivity index is 2.04. The van der Waals surface area contributed by atoms with Gasteiger partial charge in [0.2, 0.25) is 0 Å². The molecule has 2 rings (SSSR count). The zero-order valence-corrected chi connectivity index (χ0v) is 11.7. The molecule has 2 aromatic rings. The van der Waals surface area contributed by atoms with Gasteiger partial charge in [0.15, 0.2) is 0 Å². The Hall–Kier alpha value is -1.67. The van der Waals surface area contributed by atoms with E-state index in [1.54, 1.807) is 0 Å². The standard InChI is InChI=1S/C17H20FN/c1-13-4-8-16(9-5-13)14(2)19(3)12-15-6-10-17(18)11-7-15/h4-11,14H,12H2,1-3H3. The summed E-state index contributed by atoms with van der Waals surface area (Å²) in [6.45, 7) is 5.10. The van der Waals surface area contributed by atoms with Crippen molar-refractivity contribution in [1.82, 2.24) is 4.90 Å². The van der Waals surface area contributed by atoms with Crippen molar-refractivity contribution in [3.8, 4) is 0 Å². The Labute approximate surface area is 114 Å². The van der Waals surface area contributed by atoms with E-state index < -0.39 is 0 Å². The number of hydrogen-bond acceptors (Lipinski definition) is 1. The maximum atomic E-state index is 12.9. The van der Waals surface area contributed by atoms with Crippen molar-refractivity contribution < 1.29 is 4.39 Å². The highest BCUT2D eigenvalue weighted by molar-refractivity contribution is 5.24. The van der Waals surface area contributed by atoms with Crippen LogP contribution in [0.3, 0.4) is 0 Å². The van der Waals surface area contributed by atoms with Crippen molar-refractivity contribution in [1.29, 1.82) is 0 Å². The van der Waals surface area contributed by atoms with Gasteiger partial charge in [0.25, 0.3) is 0 Å². The molecule has 0 heterocycles. The predicted molar refractivity (Wildman–Crippen MR) is 77.5 cm³/mol. The van der Waals surface area contributed by atoms with E-state index in [0.29, 0.717) is 6.04 Å². The van der Waals surface area contributed by atoms with E-state index in [-0.39, 0.29) is 5.82 Å². The molecule has 0 aliphatic rings. The van der Waals surface area contributed by atoms with Gasteiger partial charge in [-0.05, 0) is 44.2 Å². The van der Waals surface area contributed by atoms with Gasteiger partial charge in [0, 0.05) is 12.6 Å². The SMILES string of the molecule is Cc1ccc(C(C)N(C)Cc2ccc(F)cc2)cc1. The fourth-order valence-electron chi connectivity index (χ4n) is 2.11. The van der Waals surface area contributed by atoms with Crippen LogP contribution >= 0.6 is 0 Å². The van der Waals surface area contributed by atoms with Crippen LogP contribution in [0.4, 0.5) is 4.39 Å². The molecule has 0 saturated heterocycles. The number of hydrogen-bond donors (Lipinski definition) is 0. The number of benzene rings is 2. The van der Waals surface area contributed by atoms with E-state index in [2.05, 4.69) is 50.1 Å². The molecule has 0 bridgehead atoms. The highest BCUT2D eigenvalue weighted by Gasteiger charge is 2.11. The summed E-state index contributed by atoms with van der Waals surface area (Å²) < 4.78 is 12.9. The summed E-state index contributed by atoms with van der Waals surface area (Å²) in [7, 11) is 2.09. The summed E-state index contributed by atoms with van der Waals surface area (Å²) in [5, 5.41) is 0. The summed E-state index contributed by atoms with van der Waals surface area (Å²) in [5.74, 6) is -0.182. The molecule has 1 nitrogen and oxygen atoms in total. The zero-order chi connectivity index (χ0) is 13.8. The summed E-state index contributed by atoms with van der Waals surface area (Å²) >= 11 is 0. The first-order valence-corrected chi connectivity index (χ1v) is 6.57. The van der Waals surface area contributed by atoms with Gasteiger partial charge in [-0.3, -0.25) is 4.90 Å². The summed E-state index contributed by atoms with van der Waals surface area (Å²) in [6.07, 6.45) is 0. The first-order chi connectivity index (χ1) is 9.06. The van der Waals surface area contributed by atoms with Gasteiger partial charge in [0.1, 0.15) is 5.82 Å². The van der Waals surface area contributed by atoms with Gasteiger partial charge in [0.05, 0.1) is 0 Å². The van der Waals surface area contributed by atoms with Gasteiger partial charge >= 0.3 is 0 Å². The van der Waals surface area contributed by atoms with Gasteiger partial charge < -0.3 is 0 Å². The van der Waals surface area contributed by atoms with Crippen molar-refractivity contribution in [2.45, 2.75) is 26.4 Å². The maximum Gasteiger partial charge on any atom is 0.123 e. The number of nitrogens with zero attached hydrogens (tertiary/aromatic N) is 1. The van der Waals surface area contributed by atoms with E-state index in [9.17, 15) is 4.39 Å². The Kier molecular flexibility index (Phi) is 4.33. The molecule has 0 aliphatic heterocycles. The Morgan fingerprint density at radius 3 is 2.16 bits per heavy atom. The van der Waals surface area contributed by atoms with Crippen molar-refractivity contribution >= 4 is 0 Å². The van der Waals surface area contributed by atoms with Crippen LogP contribution in [0.1, 0.15) is 29.7 Å². The lowest BCUT2D eigenvalue weighted by Crippen LogP contribution is -2.21. The minimum absolute atomic E-state index is 0.182. The molecule has 0 aromatic heterocycles. The average Bonchev–Trinajstić information content (AvgIpc) is 2.41. The predicted octanol–water partition coefficient (Wildman–Crippen LogP) is 4.33. The molecule has 2 heteroatoms. The molecule has 0 fully saturated rings. The van der Waals surface area contributed by atoms with E-state index in [0.717, 1.165) is 12.1 Å². The normalized spacial score (nSPS) is 12.7. The second kappa shape index (κ2) is 5.98. The molecule has 0 N–H and O–H groups in total. The third-order valence-electron chi connectivity index (χ3n) is 3.57.